The molecule has 129 heavy (non-hydrogen) atoms. The number of carboxylic acid groups (broad SMARTS) is 2. The van der Waals surface area contributed by atoms with Crippen LogP contribution in [-0.2, 0) is 24.0 Å². The SMILES string of the molecule is Cl.Fc1ccccc1C1CCCN1.Nc1ccccc1F.O=C(C(Nc1ccccc1F)c1ccc(-c2cccnc2)cc1)N1CCCC1c1ccccc1F.O=C(C(Nc1ccccc1F)c1ccc(Br)cc1)N1CCCC1c1ccccc1F.O=C(O)C(Nc1ccccc1F)c1ccc(Br)cc1.O=CC(=O)O.OB(O)c1ccc(Br)cc1.OB(O)c1cccnc1. The first kappa shape index (κ1) is 102. The van der Waals surface area contributed by atoms with Crippen molar-refractivity contribution in [3.63, 3.8) is 0 Å². The lowest BCUT2D eigenvalue weighted by atomic mass is 9.81. The standard InChI is InChI=1S/C29H25F2N3O.C24H21BrF2N2O.C14H11BrFNO2.C10H12FN.C6H6BBrO2.C6H6FN.C5H6BNO2.C2H2O3.ClH/c30-24-9-2-1-8-23(24)27-12-6-18-34(27)29(35)28(33-26-11-4-3-10-25(26)31)21-15-13-20(14-16-21)22-7-5-17-32-19-22;25-17-13-11-16(12-14-17)23(28-21-9-4-3-8-20(21)27)24(30)29-15-5-10-22(29)18-6-1-2-7-19(18)26;15-10-7-5-9(6-8-10)13(14(18)19)17-12-4-2-1-3-11(12)16;11-9-5-2-1-4-8(9)10-6-3-7-12-10;8-6-3-1-5(2-4-6)7(9)10;7-5-3-1-2-4-6(5)8;8-6(9)5-2-1-3-7-4-5;3-1-2(4)5;/h1-5,7-11,13-17,19,27-28,33H,6,12,18H2;1-4,6-9,11-14,22-23,28H,5,10,15H2;1-8,13,17H,(H,18,19);1-2,4-5,10,12H,3,6-7H2;1-4,9-10H;1-4H,8H2;1-4,8-9H;1H,(H,4,5);1H. The second-order valence-corrected chi connectivity index (χ2v) is 31.4. The number of likely N-dealkylation sites (tertiary alicyclic amines) is 2. The molecule has 0 spiro atoms. The number of hydrogen-bond donors (Lipinski definition) is 11. The molecule has 3 aliphatic rings. The Morgan fingerprint density at radius 2 is 0.767 bits per heavy atom. The number of hydrogen-bond acceptors (Lipinski definition) is 16. The summed E-state index contributed by atoms with van der Waals surface area (Å²) in [5.74, 6) is -5.34. The second kappa shape index (κ2) is 52.8. The van der Waals surface area contributed by atoms with E-state index in [1.165, 1.54) is 60.8 Å². The second-order valence-electron chi connectivity index (χ2n) is 28.6. The van der Waals surface area contributed by atoms with Crippen molar-refractivity contribution in [2.75, 3.05) is 41.3 Å². The number of para-hydroxylation sites is 4. The number of amides is 2. The van der Waals surface area contributed by atoms with Crippen molar-refractivity contribution in [1.29, 1.82) is 0 Å². The third kappa shape index (κ3) is 31.5. The summed E-state index contributed by atoms with van der Waals surface area (Å²) in [7, 11) is -2.77. The number of nitrogens with zero attached hydrogens (tertiary/aromatic N) is 4. The predicted octanol–water partition coefficient (Wildman–Crippen LogP) is 18.9. The molecule has 2 aromatic heterocycles. The van der Waals surface area contributed by atoms with E-state index in [1.54, 1.807) is 192 Å². The van der Waals surface area contributed by atoms with Crippen molar-refractivity contribution in [1.82, 2.24) is 25.1 Å². The van der Waals surface area contributed by atoms with Gasteiger partial charge in [0.15, 0.2) is 6.04 Å². The molecule has 3 aliphatic heterocycles. The Kier molecular flexibility index (Phi) is 41.8. The highest BCUT2D eigenvalue weighted by Gasteiger charge is 2.38. The summed E-state index contributed by atoms with van der Waals surface area (Å²) < 4.78 is 99.5. The van der Waals surface area contributed by atoms with Crippen LogP contribution < -0.4 is 37.9 Å². The summed E-state index contributed by atoms with van der Waals surface area (Å²) in [4.78, 5) is 68.0. The molecule has 0 bridgehead atoms. The lowest BCUT2D eigenvalue weighted by Crippen LogP contribution is -2.38. The first-order chi connectivity index (χ1) is 61.7. The molecule has 12 N–H and O–H groups in total. The molecular formula is C96H90B2Br3ClF7N9O11. The zero-order valence-electron chi connectivity index (χ0n) is 68.9. The maximum absolute atomic E-state index is 14.6. The first-order valence-electron chi connectivity index (χ1n) is 40.1. The number of nitrogens with one attached hydrogen (secondary N) is 4. The molecule has 3 saturated heterocycles. The Morgan fingerprint density at radius 3 is 1.10 bits per heavy atom. The Hall–Kier alpha value is -12.4. The minimum atomic E-state index is -1.43. The van der Waals surface area contributed by atoms with E-state index in [2.05, 4.69) is 79.0 Å². The molecule has 20 nitrogen and oxygen atoms in total. The topological polar surface area (TPSA) is 313 Å². The summed E-state index contributed by atoms with van der Waals surface area (Å²) >= 11 is 9.92. The molecule has 668 valence electrons. The van der Waals surface area contributed by atoms with Crippen LogP contribution in [0, 0.1) is 40.7 Å². The smallest absolute Gasteiger partial charge is 0.479 e. The van der Waals surface area contributed by atoms with Crippen molar-refractivity contribution in [2.45, 2.75) is 74.8 Å². The van der Waals surface area contributed by atoms with Crippen molar-refractivity contribution < 1.29 is 85.0 Å². The van der Waals surface area contributed by atoms with Gasteiger partial charge >= 0.3 is 26.2 Å². The number of carbonyl (C=O) groups excluding carboxylic acids is 3. The van der Waals surface area contributed by atoms with Crippen LogP contribution in [0.25, 0.3) is 11.1 Å². The number of nitrogens with two attached hydrogens (primary N) is 1. The average Bonchev–Trinajstić information content (AvgIpc) is 1.73. The van der Waals surface area contributed by atoms with Crippen LogP contribution in [0.15, 0.2) is 329 Å². The first-order valence-corrected chi connectivity index (χ1v) is 42.5. The molecular weight excluding hydrogens is 1880 g/mol. The summed E-state index contributed by atoms with van der Waals surface area (Å²) in [5.41, 5.74) is 12.7. The highest BCUT2D eigenvalue weighted by Crippen LogP contribution is 2.40. The van der Waals surface area contributed by atoms with Crippen LogP contribution in [-0.4, -0.2) is 114 Å². The number of carbonyl (C=O) groups is 5. The van der Waals surface area contributed by atoms with Gasteiger partial charge in [-0.25, -0.2) is 40.3 Å². The maximum Gasteiger partial charge on any atom is 0.490 e. The number of rotatable bonds is 19. The number of anilines is 4. The normalized spacial score (nSPS) is 14.4. The monoisotopic (exact) mass is 1970 g/mol. The Morgan fingerprint density at radius 1 is 0.411 bits per heavy atom. The number of nitrogen functional groups attached to an aromatic ring is 1. The molecule has 33 heteroatoms. The van der Waals surface area contributed by atoms with Crippen molar-refractivity contribution in [3.8, 4) is 11.1 Å². The molecule has 0 aliphatic carbocycles. The quantitative estimate of drug-likeness (QED) is 0.0118. The summed E-state index contributed by atoms with van der Waals surface area (Å²) in [6.45, 7) is 2.06. The fourth-order valence-electron chi connectivity index (χ4n) is 13.7. The zero-order chi connectivity index (χ0) is 92.0. The van der Waals surface area contributed by atoms with E-state index >= 15 is 0 Å². The maximum atomic E-state index is 14.6. The van der Waals surface area contributed by atoms with Crippen LogP contribution >= 0.6 is 60.2 Å². The molecule has 11 aromatic carbocycles. The summed E-state index contributed by atoms with van der Waals surface area (Å²) in [5, 5.41) is 63.1. The van der Waals surface area contributed by atoms with E-state index in [-0.39, 0.29) is 94.7 Å². The number of benzene rings is 11. The molecule has 5 heterocycles. The van der Waals surface area contributed by atoms with Gasteiger partial charge in [-0.2, -0.15) is 0 Å². The van der Waals surface area contributed by atoms with Gasteiger partial charge in [0, 0.05) is 79.5 Å². The van der Waals surface area contributed by atoms with Gasteiger partial charge in [0.05, 0.1) is 34.8 Å². The molecule has 0 saturated carbocycles. The van der Waals surface area contributed by atoms with Crippen molar-refractivity contribution in [2.24, 2.45) is 0 Å². The molecule has 6 unspecified atom stereocenters. The van der Waals surface area contributed by atoms with E-state index in [0.29, 0.717) is 64.7 Å². The van der Waals surface area contributed by atoms with Gasteiger partial charge in [0.25, 0.3) is 0 Å². The van der Waals surface area contributed by atoms with Gasteiger partial charge in [-0.15, -0.1) is 12.4 Å². The van der Waals surface area contributed by atoms with E-state index in [0.717, 1.165) is 62.3 Å². The number of pyridine rings is 2. The van der Waals surface area contributed by atoms with Gasteiger partial charge < -0.3 is 67.1 Å². The van der Waals surface area contributed by atoms with Gasteiger partial charge in [0.1, 0.15) is 52.8 Å². The number of aromatic nitrogens is 2. The number of aldehydes is 1. The van der Waals surface area contributed by atoms with Crippen LogP contribution in [0.4, 0.5) is 53.5 Å². The Bertz CT molecular complexity index is 5680. The van der Waals surface area contributed by atoms with E-state index in [9.17, 15) is 50.2 Å². The van der Waals surface area contributed by atoms with Crippen LogP contribution in [0.2, 0.25) is 0 Å². The molecule has 3 fully saturated rings. The number of aliphatic carboxylic acids is 2. The Labute approximate surface area is 773 Å². The fourth-order valence-corrected chi connectivity index (χ4v) is 14.4. The van der Waals surface area contributed by atoms with Crippen LogP contribution in [0.5, 0.6) is 0 Å². The number of carboxylic acids is 2. The fraction of sp³-hybridized carbons (Fsp3) is 0.156. The van der Waals surface area contributed by atoms with Crippen molar-refractivity contribution in [3.05, 3.63) is 403 Å². The lowest BCUT2D eigenvalue weighted by Gasteiger charge is -2.30. The summed E-state index contributed by atoms with van der Waals surface area (Å²) in [6.07, 6.45) is 11.5. The molecule has 16 rings (SSSR count). The zero-order valence-corrected chi connectivity index (χ0v) is 74.4. The van der Waals surface area contributed by atoms with Crippen LogP contribution in [0.1, 0.15) is 108 Å². The van der Waals surface area contributed by atoms with Gasteiger partial charge in [-0.3, -0.25) is 24.4 Å². The van der Waals surface area contributed by atoms with Gasteiger partial charge in [0.2, 0.25) is 18.1 Å². The molecule has 2 amide bonds. The average molecular weight is 1980 g/mol. The van der Waals surface area contributed by atoms with E-state index in [4.69, 9.17) is 40.5 Å². The lowest BCUT2D eigenvalue weighted by molar-refractivity contribution is -0.143. The van der Waals surface area contributed by atoms with Gasteiger partial charge in [-0.05, 0) is 194 Å². The minimum absolute atomic E-state index is 0. The molecule has 13 aromatic rings. The third-order valence-corrected chi connectivity index (χ3v) is 21.6. The third-order valence-electron chi connectivity index (χ3n) is 20.0. The van der Waals surface area contributed by atoms with E-state index in [1.807, 2.05) is 72.8 Å². The minimum Gasteiger partial charge on any atom is -0.479 e. The Balaban J connectivity index is 0.000000196. The molecule has 0 radical (unpaired) electrons. The molecule has 6 atom stereocenters. The van der Waals surface area contributed by atoms with Crippen LogP contribution in [0.3, 0.4) is 0 Å². The van der Waals surface area contributed by atoms with Gasteiger partial charge in [-0.1, -0.05) is 224 Å². The largest absolute Gasteiger partial charge is 0.490 e. The van der Waals surface area contributed by atoms with E-state index < -0.39 is 61.8 Å². The highest BCUT2D eigenvalue weighted by atomic mass is 79.9. The van der Waals surface area contributed by atoms with Crippen molar-refractivity contribution >= 4 is 138 Å². The highest BCUT2D eigenvalue weighted by molar-refractivity contribution is 9.11. The summed E-state index contributed by atoms with van der Waals surface area (Å²) in [6, 6.07) is 77.4. The number of halogens is 11. The predicted molar refractivity (Wildman–Crippen MR) is 500 cm³/mol.